The van der Waals surface area contributed by atoms with Crippen LogP contribution in [0.5, 0.6) is 0 Å². The van der Waals surface area contributed by atoms with Crippen LogP contribution in [0.2, 0.25) is 5.02 Å². The van der Waals surface area contributed by atoms with Gasteiger partial charge in [-0.15, -0.1) is 4.91 Å². The Morgan fingerprint density at radius 1 is 1.38 bits per heavy atom. The van der Waals surface area contributed by atoms with Gasteiger partial charge in [-0.25, -0.2) is 0 Å². The number of nitroso groups, excluding NO2 is 1. The van der Waals surface area contributed by atoms with Gasteiger partial charge < -0.3 is 0 Å². The third-order valence-corrected chi connectivity index (χ3v) is 2.02. The van der Waals surface area contributed by atoms with Crippen LogP contribution in [0.4, 0.5) is 5.69 Å². The Balaban J connectivity index is 2.86. The van der Waals surface area contributed by atoms with Crippen LogP contribution in [-0.4, -0.2) is 9.97 Å². The second kappa shape index (κ2) is 3.06. The largest absolute Gasteiger partial charge is 0.253 e. The molecule has 0 aromatic carbocycles. The molecule has 0 radical (unpaired) electrons. The van der Waals surface area contributed by atoms with Gasteiger partial charge in [-0.2, -0.15) is 0 Å². The molecule has 0 atom stereocenters. The Morgan fingerprint density at radius 3 is 3.00 bits per heavy atom. The van der Waals surface area contributed by atoms with Crippen molar-refractivity contribution in [3.8, 4) is 0 Å². The minimum absolute atomic E-state index is 0.118. The van der Waals surface area contributed by atoms with E-state index in [1.807, 2.05) is 0 Å². The second-order valence-electron chi connectivity index (χ2n) is 2.42. The van der Waals surface area contributed by atoms with Gasteiger partial charge >= 0.3 is 0 Å². The monoisotopic (exact) mass is 193 g/mol. The summed E-state index contributed by atoms with van der Waals surface area (Å²) in [4.78, 5) is 18.2. The number of pyridine rings is 2. The predicted molar refractivity (Wildman–Crippen MR) is 50.0 cm³/mol. The molecule has 2 heterocycles. The third kappa shape index (κ3) is 1.25. The van der Waals surface area contributed by atoms with E-state index in [1.54, 1.807) is 18.3 Å². The van der Waals surface area contributed by atoms with Crippen molar-refractivity contribution in [1.29, 1.82) is 0 Å². The maximum atomic E-state index is 10.3. The summed E-state index contributed by atoms with van der Waals surface area (Å²) < 4.78 is 0. The van der Waals surface area contributed by atoms with E-state index in [1.165, 1.54) is 6.20 Å². The van der Waals surface area contributed by atoms with Gasteiger partial charge in [0.2, 0.25) is 0 Å². The maximum Gasteiger partial charge on any atom is 0.147 e. The number of rotatable bonds is 1. The normalized spacial score (nSPS) is 10.2. The summed E-state index contributed by atoms with van der Waals surface area (Å²) in [5, 5.41) is 2.99. The molecule has 4 nitrogen and oxygen atoms in total. The summed E-state index contributed by atoms with van der Waals surface area (Å²) in [5.74, 6) is 0. The second-order valence-corrected chi connectivity index (χ2v) is 2.80. The Hall–Kier alpha value is -1.55. The molecule has 5 heteroatoms. The molecule has 0 saturated carbocycles. The molecule has 0 saturated heterocycles. The molecule has 0 unspecified atom stereocenters. The minimum atomic E-state index is 0.118. The fourth-order valence-corrected chi connectivity index (χ4v) is 1.27. The summed E-state index contributed by atoms with van der Waals surface area (Å²) in [6, 6.07) is 3.52. The highest BCUT2D eigenvalue weighted by Crippen LogP contribution is 2.29. The lowest BCUT2D eigenvalue weighted by Crippen LogP contribution is -1.82. The number of fused-ring (bicyclic) bond motifs is 1. The fourth-order valence-electron chi connectivity index (χ4n) is 1.04. The molecule has 2 aromatic rings. The zero-order valence-corrected chi connectivity index (χ0v) is 7.19. The van der Waals surface area contributed by atoms with Gasteiger partial charge in [-0.05, 0) is 17.3 Å². The van der Waals surface area contributed by atoms with Crippen LogP contribution in [0.25, 0.3) is 11.0 Å². The molecule has 0 aliphatic rings. The van der Waals surface area contributed by atoms with E-state index in [0.29, 0.717) is 11.0 Å². The van der Waals surface area contributed by atoms with Gasteiger partial charge in [-0.1, -0.05) is 11.6 Å². The Morgan fingerprint density at radius 2 is 2.23 bits per heavy atom. The third-order valence-electron chi connectivity index (χ3n) is 1.64. The van der Waals surface area contributed by atoms with E-state index in [0.717, 1.165) is 0 Å². The molecule has 0 amide bonds. The molecule has 0 N–H and O–H groups in total. The van der Waals surface area contributed by atoms with Crippen molar-refractivity contribution < 1.29 is 0 Å². The molecular weight excluding hydrogens is 190 g/mol. The van der Waals surface area contributed by atoms with Crippen LogP contribution in [-0.2, 0) is 0 Å². The lowest BCUT2D eigenvalue weighted by molar-refractivity contribution is 1.31. The molecule has 0 aliphatic heterocycles. The van der Waals surface area contributed by atoms with Crippen LogP contribution < -0.4 is 0 Å². The van der Waals surface area contributed by atoms with Crippen LogP contribution in [0.3, 0.4) is 0 Å². The number of halogens is 1. The van der Waals surface area contributed by atoms with Gasteiger partial charge in [0, 0.05) is 6.20 Å². The van der Waals surface area contributed by atoms with Gasteiger partial charge in [0.05, 0.1) is 16.7 Å². The average molecular weight is 194 g/mol. The van der Waals surface area contributed by atoms with Crippen molar-refractivity contribution in [2.45, 2.75) is 0 Å². The molecular formula is C8H4ClN3O. The Bertz CT molecular complexity index is 472. The number of aromatic nitrogens is 2. The zero-order chi connectivity index (χ0) is 9.26. The highest BCUT2D eigenvalue weighted by molar-refractivity contribution is 6.37. The predicted octanol–water partition coefficient (Wildman–Crippen LogP) is 2.68. The summed E-state index contributed by atoms with van der Waals surface area (Å²) in [6.45, 7) is 0. The van der Waals surface area contributed by atoms with Crippen molar-refractivity contribution in [3.63, 3.8) is 0 Å². The molecule has 2 aromatic heterocycles. The molecule has 0 bridgehead atoms. The highest BCUT2D eigenvalue weighted by Gasteiger charge is 2.06. The first-order valence-corrected chi connectivity index (χ1v) is 3.93. The van der Waals surface area contributed by atoms with Gasteiger partial charge in [0.15, 0.2) is 0 Å². The molecule has 0 fully saturated rings. The van der Waals surface area contributed by atoms with Crippen molar-refractivity contribution in [1.82, 2.24) is 9.97 Å². The lowest BCUT2D eigenvalue weighted by atomic mass is 10.3. The SMILES string of the molecule is O=Nc1cnc2cccnc2c1Cl. The van der Waals surface area contributed by atoms with Crippen molar-refractivity contribution in [2.75, 3.05) is 0 Å². The summed E-state index contributed by atoms with van der Waals surface area (Å²) >= 11 is 5.85. The van der Waals surface area contributed by atoms with Gasteiger partial charge in [0.1, 0.15) is 11.2 Å². The smallest absolute Gasteiger partial charge is 0.147 e. The lowest BCUT2D eigenvalue weighted by Gasteiger charge is -1.98. The summed E-state index contributed by atoms with van der Waals surface area (Å²) in [6.07, 6.45) is 2.92. The first-order chi connectivity index (χ1) is 6.33. The van der Waals surface area contributed by atoms with Crippen LogP contribution >= 0.6 is 11.6 Å². The quantitative estimate of drug-likeness (QED) is 0.655. The number of hydrogen-bond donors (Lipinski definition) is 0. The molecule has 13 heavy (non-hydrogen) atoms. The minimum Gasteiger partial charge on any atom is -0.253 e. The van der Waals surface area contributed by atoms with E-state index < -0.39 is 0 Å². The highest BCUT2D eigenvalue weighted by atomic mass is 35.5. The average Bonchev–Trinajstić information content (AvgIpc) is 2.19. The topological polar surface area (TPSA) is 55.2 Å². The van der Waals surface area contributed by atoms with Crippen LogP contribution in [0, 0.1) is 4.91 Å². The van der Waals surface area contributed by atoms with Crippen LogP contribution in [0.1, 0.15) is 0 Å². The fraction of sp³-hybridized carbons (Fsp3) is 0. The van der Waals surface area contributed by atoms with Crippen molar-refractivity contribution >= 4 is 28.3 Å². The maximum absolute atomic E-state index is 10.3. The van der Waals surface area contributed by atoms with E-state index in [9.17, 15) is 4.91 Å². The Kier molecular flexibility index (Phi) is 1.90. The van der Waals surface area contributed by atoms with E-state index in [2.05, 4.69) is 15.1 Å². The first kappa shape index (κ1) is 8.07. The van der Waals surface area contributed by atoms with Crippen molar-refractivity contribution in [3.05, 3.63) is 34.5 Å². The molecule has 2 rings (SSSR count). The molecule has 0 spiro atoms. The van der Waals surface area contributed by atoms with E-state index >= 15 is 0 Å². The standard InChI is InChI=1S/C8H4ClN3O/c9-7-6(12-13)4-11-5-2-1-3-10-8(5)7/h1-4H. The molecule has 64 valence electrons. The van der Waals surface area contributed by atoms with Crippen LogP contribution in [0.15, 0.2) is 29.7 Å². The van der Waals surface area contributed by atoms with Crippen molar-refractivity contribution in [2.24, 2.45) is 5.18 Å². The van der Waals surface area contributed by atoms with Gasteiger partial charge in [-0.3, -0.25) is 9.97 Å². The zero-order valence-electron chi connectivity index (χ0n) is 6.44. The summed E-state index contributed by atoms with van der Waals surface area (Å²) in [5.41, 5.74) is 1.27. The van der Waals surface area contributed by atoms with Gasteiger partial charge in [0.25, 0.3) is 0 Å². The first-order valence-electron chi connectivity index (χ1n) is 3.55. The molecule has 0 aliphatic carbocycles. The van der Waals surface area contributed by atoms with E-state index in [-0.39, 0.29) is 10.7 Å². The Labute approximate surface area is 78.6 Å². The number of hydrogen-bond acceptors (Lipinski definition) is 4. The summed E-state index contributed by atoms with van der Waals surface area (Å²) in [7, 11) is 0. The van der Waals surface area contributed by atoms with E-state index in [4.69, 9.17) is 11.6 Å². The number of nitrogens with zero attached hydrogens (tertiary/aromatic N) is 3.